The van der Waals surface area contributed by atoms with Crippen LogP contribution in [0.1, 0.15) is 30.5 Å². The third-order valence-corrected chi connectivity index (χ3v) is 3.69. The van der Waals surface area contributed by atoms with Crippen LogP contribution in [0, 0.1) is 25.7 Å². The van der Waals surface area contributed by atoms with Gasteiger partial charge in [0.05, 0.1) is 5.69 Å². The van der Waals surface area contributed by atoms with Gasteiger partial charge in [0, 0.05) is 11.5 Å². The molecule has 2 unspecified atom stereocenters. The van der Waals surface area contributed by atoms with E-state index in [1.165, 1.54) is 0 Å². The van der Waals surface area contributed by atoms with Gasteiger partial charge in [-0.05, 0) is 39.2 Å². The van der Waals surface area contributed by atoms with Crippen molar-refractivity contribution in [2.75, 3.05) is 11.9 Å². The molecule has 3 N–H and O–H groups in total. The SMILES string of the molecule is Cc1noc(NC(=O)C2CCCC2CN)c1C. The van der Waals surface area contributed by atoms with Crippen LogP contribution in [-0.4, -0.2) is 17.6 Å². The van der Waals surface area contributed by atoms with E-state index >= 15 is 0 Å². The number of aromatic nitrogens is 1. The van der Waals surface area contributed by atoms with E-state index in [2.05, 4.69) is 10.5 Å². The predicted octanol–water partition coefficient (Wildman–Crippen LogP) is 1.60. The van der Waals surface area contributed by atoms with Gasteiger partial charge < -0.3 is 10.3 Å². The van der Waals surface area contributed by atoms with E-state index in [4.69, 9.17) is 10.3 Å². The zero-order valence-electron chi connectivity index (χ0n) is 10.3. The molecule has 1 amide bonds. The van der Waals surface area contributed by atoms with Gasteiger partial charge in [0.15, 0.2) is 0 Å². The number of carbonyl (C=O) groups excluding carboxylic acids is 1. The van der Waals surface area contributed by atoms with Crippen LogP contribution < -0.4 is 11.1 Å². The highest BCUT2D eigenvalue weighted by atomic mass is 16.5. The molecule has 0 radical (unpaired) electrons. The smallest absolute Gasteiger partial charge is 0.234 e. The second-order valence-corrected chi connectivity index (χ2v) is 4.74. The number of amides is 1. The second kappa shape index (κ2) is 4.87. The van der Waals surface area contributed by atoms with Gasteiger partial charge in [-0.15, -0.1) is 0 Å². The van der Waals surface area contributed by atoms with Crippen LogP contribution in [0.3, 0.4) is 0 Å². The molecule has 1 heterocycles. The molecule has 1 aromatic heterocycles. The first-order chi connectivity index (χ1) is 8.13. The van der Waals surface area contributed by atoms with Crippen molar-refractivity contribution < 1.29 is 9.32 Å². The number of nitrogens with two attached hydrogens (primary N) is 1. The minimum atomic E-state index is 0.0113. The summed E-state index contributed by atoms with van der Waals surface area (Å²) in [5, 5.41) is 6.63. The molecular weight excluding hydrogens is 218 g/mol. The molecule has 0 aliphatic heterocycles. The zero-order chi connectivity index (χ0) is 12.4. The normalized spacial score (nSPS) is 23.9. The Morgan fingerprint density at radius 2 is 2.29 bits per heavy atom. The lowest BCUT2D eigenvalue weighted by molar-refractivity contribution is -0.120. The van der Waals surface area contributed by atoms with Crippen LogP contribution in [0.2, 0.25) is 0 Å². The molecular formula is C12H19N3O2. The Morgan fingerprint density at radius 1 is 1.53 bits per heavy atom. The number of nitrogens with one attached hydrogen (secondary N) is 1. The first kappa shape index (κ1) is 12.1. The third-order valence-electron chi connectivity index (χ3n) is 3.69. The number of anilines is 1. The van der Waals surface area contributed by atoms with Gasteiger partial charge in [0.25, 0.3) is 0 Å². The highest BCUT2D eigenvalue weighted by Crippen LogP contribution is 2.32. The molecule has 0 saturated heterocycles. The molecule has 0 spiro atoms. The van der Waals surface area contributed by atoms with Crippen molar-refractivity contribution in [2.45, 2.75) is 33.1 Å². The highest BCUT2D eigenvalue weighted by molar-refractivity contribution is 5.92. The lowest BCUT2D eigenvalue weighted by Crippen LogP contribution is -2.29. The summed E-state index contributed by atoms with van der Waals surface area (Å²) in [5.41, 5.74) is 7.37. The summed E-state index contributed by atoms with van der Waals surface area (Å²) in [6.07, 6.45) is 3.04. The van der Waals surface area contributed by atoms with Gasteiger partial charge in [0.1, 0.15) is 0 Å². The monoisotopic (exact) mass is 237 g/mol. The molecule has 0 aromatic carbocycles. The Morgan fingerprint density at radius 3 is 2.88 bits per heavy atom. The molecule has 5 nitrogen and oxygen atoms in total. The van der Waals surface area contributed by atoms with Gasteiger partial charge >= 0.3 is 0 Å². The van der Waals surface area contributed by atoms with Crippen LogP contribution in [0.4, 0.5) is 5.88 Å². The minimum Gasteiger partial charge on any atom is -0.338 e. The lowest BCUT2D eigenvalue weighted by Gasteiger charge is -2.16. The Kier molecular flexibility index (Phi) is 3.47. The lowest BCUT2D eigenvalue weighted by atomic mass is 9.95. The quantitative estimate of drug-likeness (QED) is 0.836. The Bertz CT molecular complexity index is 414. The highest BCUT2D eigenvalue weighted by Gasteiger charge is 2.32. The van der Waals surface area contributed by atoms with Gasteiger partial charge in [-0.2, -0.15) is 0 Å². The fourth-order valence-corrected chi connectivity index (χ4v) is 2.40. The number of hydrogen-bond donors (Lipinski definition) is 2. The molecule has 0 bridgehead atoms. The molecule has 17 heavy (non-hydrogen) atoms. The maximum Gasteiger partial charge on any atom is 0.234 e. The van der Waals surface area contributed by atoms with Crippen molar-refractivity contribution in [3.63, 3.8) is 0 Å². The Balaban J connectivity index is 2.04. The molecule has 94 valence electrons. The Labute approximate surface area is 101 Å². The number of nitrogens with zero attached hydrogens (tertiary/aromatic N) is 1. The topological polar surface area (TPSA) is 81.2 Å². The van der Waals surface area contributed by atoms with Gasteiger partial charge in [0.2, 0.25) is 11.8 Å². The largest absolute Gasteiger partial charge is 0.338 e. The van der Waals surface area contributed by atoms with Crippen LogP contribution in [0.5, 0.6) is 0 Å². The molecule has 2 atom stereocenters. The molecule has 1 aliphatic rings. The van der Waals surface area contributed by atoms with Crippen LogP contribution in [0.15, 0.2) is 4.52 Å². The van der Waals surface area contributed by atoms with Crippen molar-refractivity contribution in [3.8, 4) is 0 Å². The van der Waals surface area contributed by atoms with Crippen molar-refractivity contribution in [1.29, 1.82) is 0 Å². The van der Waals surface area contributed by atoms with E-state index in [-0.39, 0.29) is 11.8 Å². The van der Waals surface area contributed by atoms with Crippen LogP contribution in [-0.2, 0) is 4.79 Å². The second-order valence-electron chi connectivity index (χ2n) is 4.74. The Hall–Kier alpha value is -1.36. The molecule has 1 aliphatic carbocycles. The molecule has 2 rings (SSSR count). The van der Waals surface area contributed by atoms with Crippen molar-refractivity contribution in [1.82, 2.24) is 5.16 Å². The van der Waals surface area contributed by atoms with E-state index in [0.717, 1.165) is 30.5 Å². The minimum absolute atomic E-state index is 0.0113. The summed E-state index contributed by atoms with van der Waals surface area (Å²) in [7, 11) is 0. The number of hydrogen-bond acceptors (Lipinski definition) is 4. The van der Waals surface area contributed by atoms with Crippen molar-refractivity contribution in [3.05, 3.63) is 11.3 Å². The van der Waals surface area contributed by atoms with Crippen molar-refractivity contribution >= 4 is 11.8 Å². The van der Waals surface area contributed by atoms with Crippen LogP contribution in [0.25, 0.3) is 0 Å². The standard InChI is InChI=1S/C12H19N3O2/c1-7-8(2)15-17-12(7)14-11(16)10-5-3-4-9(10)6-13/h9-10H,3-6,13H2,1-2H3,(H,14,16). The summed E-state index contributed by atoms with van der Waals surface area (Å²) >= 11 is 0. The molecule has 1 fully saturated rings. The summed E-state index contributed by atoms with van der Waals surface area (Å²) in [6, 6.07) is 0. The molecule has 1 saturated carbocycles. The van der Waals surface area contributed by atoms with Gasteiger partial charge in [-0.25, -0.2) is 0 Å². The van der Waals surface area contributed by atoms with Gasteiger partial charge in [-0.1, -0.05) is 11.6 Å². The molecule has 1 aromatic rings. The fourth-order valence-electron chi connectivity index (χ4n) is 2.40. The number of carbonyl (C=O) groups is 1. The van der Waals surface area contributed by atoms with E-state index in [1.54, 1.807) is 0 Å². The van der Waals surface area contributed by atoms with E-state index in [0.29, 0.717) is 18.3 Å². The van der Waals surface area contributed by atoms with Gasteiger partial charge in [-0.3, -0.25) is 10.1 Å². The van der Waals surface area contributed by atoms with E-state index in [1.807, 2.05) is 13.8 Å². The summed E-state index contributed by atoms with van der Waals surface area (Å²) in [6.45, 7) is 4.32. The maximum absolute atomic E-state index is 12.1. The first-order valence-electron chi connectivity index (χ1n) is 6.07. The first-order valence-corrected chi connectivity index (χ1v) is 6.07. The molecule has 5 heteroatoms. The fraction of sp³-hybridized carbons (Fsp3) is 0.667. The third kappa shape index (κ3) is 2.34. The van der Waals surface area contributed by atoms with Crippen LogP contribution >= 0.6 is 0 Å². The average Bonchev–Trinajstić information content (AvgIpc) is 2.90. The maximum atomic E-state index is 12.1. The van der Waals surface area contributed by atoms with E-state index in [9.17, 15) is 4.79 Å². The average molecular weight is 237 g/mol. The number of rotatable bonds is 3. The summed E-state index contributed by atoms with van der Waals surface area (Å²) in [5.74, 6) is 0.802. The van der Waals surface area contributed by atoms with E-state index < -0.39 is 0 Å². The van der Waals surface area contributed by atoms with Crippen molar-refractivity contribution in [2.24, 2.45) is 17.6 Å². The predicted molar refractivity (Wildman–Crippen MR) is 64.5 cm³/mol. The zero-order valence-corrected chi connectivity index (χ0v) is 10.3. The summed E-state index contributed by atoms with van der Waals surface area (Å²) in [4.78, 5) is 12.1. The summed E-state index contributed by atoms with van der Waals surface area (Å²) < 4.78 is 5.08. The number of aryl methyl sites for hydroxylation is 1.